The van der Waals surface area contributed by atoms with Crippen LogP contribution in [0.1, 0.15) is 32.3 Å². The summed E-state index contributed by atoms with van der Waals surface area (Å²) in [6, 6.07) is 12.0. The molecular weight excluding hydrogens is 454 g/mol. The summed E-state index contributed by atoms with van der Waals surface area (Å²) < 4.78 is 5.65. The number of ether oxygens (including phenoxy) is 1. The molecule has 178 valence electrons. The van der Waals surface area contributed by atoms with Crippen molar-refractivity contribution < 1.29 is 14.3 Å². The molecule has 0 bridgehead atoms. The van der Waals surface area contributed by atoms with Crippen LogP contribution in [-0.4, -0.2) is 56.8 Å². The zero-order valence-corrected chi connectivity index (χ0v) is 20.0. The number of piperazine rings is 1. The fourth-order valence-electron chi connectivity index (χ4n) is 4.32. The van der Waals surface area contributed by atoms with Gasteiger partial charge in [-0.05, 0) is 49.2 Å². The average molecular weight is 482 g/mol. The number of fused-ring (bicyclic) bond motifs is 1. The van der Waals surface area contributed by atoms with Crippen LogP contribution in [0.4, 0.5) is 5.82 Å². The zero-order valence-electron chi connectivity index (χ0n) is 19.3. The minimum atomic E-state index is -0.518. The number of nitrogens with two attached hydrogens (primary N) is 1. The molecule has 9 heteroatoms. The van der Waals surface area contributed by atoms with E-state index in [1.807, 2.05) is 36.9 Å². The highest BCUT2D eigenvalue weighted by Gasteiger charge is 2.40. The molecule has 0 aliphatic carbocycles. The zero-order chi connectivity index (χ0) is 24.2. The number of amides is 2. The maximum atomic E-state index is 13.5. The molecule has 1 saturated heterocycles. The Balaban J connectivity index is 1.49. The van der Waals surface area contributed by atoms with Crippen molar-refractivity contribution in [3.63, 3.8) is 0 Å². The molecule has 3 aromatic rings. The fourth-order valence-corrected chi connectivity index (χ4v) is 4.50. The molecule has 1 aliphatic heterocycles. The molecule has 0 unspecified atom stereocenters. The molecule has 2 amide bonds. The van der Waals surface area contributed by atoms with Crippen LogP contribution < -0.4 is 10.5 Å². The maximum Gasteiger partial charge on any atom is 0.261 e. The fraction of sp³-hybridized carbons (Fsp3) is 0.360. The van der Waals surface area contributed by atoms with Gasteiger partial charge in [-0.2, -0.15) is 0 Å². The Morgan fingerprint density at radius 3 is 2.82 bits per heavy atom. The smallest absolute Gasteiger partial charge is 0.261 e. The van der Waals surface area contributed by atoms with E-state index in [1.165, 1.54) is 6.33 Å². The van der Waals surface area contributed by atoms with Crippen molar-refractivity contribution in [1.82, 2.24) is 19.8 Å². The van der Waals surface area contributed by atoms with Gasteiger partial charge in [-0.1, -0.05) is 37.1 Å². The van der Waals surface area contributed by atoms with Crippen molar-refractivity contribution in [2.24, 2.45) is 0 Å². The van der Waals surface area contributed by atoms with Gasteiger partial charge in [0.2, 0.25) is 5.91 Å². The van der Waals surface area contributed by atoms with Gasteiger partial charge in [0.05, 0.1) is 5.52 Å². The number of nitrogens with zero attached hydrogens (tertiary/aromatic N) is 4. The van der Waals surface area contributed by atoms with E-state index in [4.69, 9.17) is 22.1 Å². The Hall–Kier alpha value is -3.39. The van der Waals surface area contributed by atoms with Gasteiger partial charge < -0.3 is 20.3 Å². The number of rotatable bonds is 7. The molecule has 0 saturated carbocycles. The Morgan fingerprint density at radius 2 is 2.06 bits per heavy atom. The van der Waals surface area contributed by atoms with Crippen LogP contribution in [0.3, 0.4) is 0 Å². The Kier molecular flexibility index (Phi) is 7.17. The molecule has 8 nitrogen and oxygen atoms in total. The number of carbonyl (C=O) groups excluding carboxylic acids is 2. The SMILES string of the molecule is CCC[C@@H]1C(=O)N(Cc2ccc3c(N)ncnc3c2)[C@@H](C)CN1C(=O)COc1cccc(Cl)c1. The molecule has 0 radical (unpaired) electrons. The second-order valence-electron chi connectivity index (χ2n) is 8.52. The van der Waals surface area contributed by atoms with E-state index in [1.54, 1.807) is 29.2 Å². The Morgan fingerprint density at radius 1 is 1.24 bits per heavy atom. The van der Waals surface area contributed by atoms with E-state index in [0.717, 1.165) is 22.9 Å². The van der Waals surface area contributed by atoms with Crippen molar-refractivity contribution in [2.45, 2.75) is 45.3 Å². The molecule has 2 heterocycles. The van der Waals surface area contributed by atoms with Gasteiger partial charge in [0, 0.05) is 29.5 Å². The van der Waals surface area contributed by atoms with E-state index in [0.29, 0.717) is 36.1 Å². The largest absolute Gasteiger partial charge is 0.484 e. The minimum Gasteiger partial charge on any atom is -0.484 e. The van der Waals surface area contributed by atoms with Crippen LogP contribution in [0.15, 0.2) is 48.8 Å². The second kappa shape index (κ2) is 10.3. The number of anilines is 1. The first-order valence-electron chi connectivity index (χ1n) is 11.3. The average Bonchev–Trinajstić information content (AvgIpc) is 2.82. The first-order chi connectivity index (χ1) is 16.4. The monoisotopic (exact) mass is 481 g/mol. The summed E-state index contributed by atoms with van der Waals surface area (Å²) in [5.74, 6) is 0.679. The number of carbonyl (C=O) groups is 2. The van der Waals surface area contributed by atoms with Gasteiger partial charge in [0.1, 0.15) is 23.9 Å². The Labute approximate surface area is 203 Å². The quantitative estimate of drug-likeness (QED) is 0.552. The van der Waals surface area contributed by atoms with Crippen LogP contribution in [0.25, 0.3) is 10.9 Å². The number of nitrogen functional groups attached to an aromatic ring is 1. The number of hydrogen-bond donors (Lipinski definition) is 1. The molecule has 0 spiro atoms. The molecular formula is C25H28ClN5O3. The van der Waals surface area contributed by atoms with E-state index >= 15 is 0 Å². The number of benzene rings is 2. The van der Waals surface area contributed by atoms with Crippen LogP contribution in [-0.2, 0) is 16.1 Å². The molecule has 34 heavy (non-hydrogen) atoms. The van der Waals surface area contributed by atoms with E-state index in [2.05, 4.69) is 9.97 Å². The Bertz CT molecular complexity index is 1200. The van der Waals surface area contributed by atoms with Crippen molar-refractivity contribution in [3.05, 3.63) is 59.4 Å². The minimum absolute atomic E-state index is 0.0565. The number of halogens is 1. The number of aromatic nitrogens is 2. The normalized spacial score (nSPS) is 18.4. The summed E-state index contributed by atoms with van der Waals surface area (Å²) in [4.78, 5) is 38.4. The standard InChI is InChI=1S/C25H28ClN5O3/c1-3-5-22-25(33)30(13-17-8-9-20-21(10-17)28-15-29-24(20)27)16(2)12-31(22)23(32)14-34-19-7-4-6-18(26)11-19/h4,6-11,15-16,22H,3,5,12-14H2,1-2H3,(H2,27,28,29)/t16-,22+/m0/s1. The van der Waals surface area contributed by atoms with Crippen molar-refractivity contribution in [3.8, 4) is 5.75 Å². The van der Waals surface area contributed by atoms with Crippen LogP contribution in [0, 0.1) is 0 Å². The highest BCUT2D eigenvalue weighted by atomic mass is 35.5. The number of hydrogen-bond acceptors (Lipinski definition) is 6. The molecule has 4 rings (SSSR count). The van der Waals surface area contributed by atoms with E-state index in [9.17, 15) is 9.59 Å². The third-order valence-electron chi connectivity index (χ3n) is 6.06. The lowest BCUT2D eigenvalue weighted by atomic mass is 10.0. The highest BCUT2D eigenvalue weighted by molar-refractivity contribution is 6.30. The van der Waals surface area contributed by atoms with Crippen LogP contribution in [0.5, 0.6) is 5.75 Å². The lowest BCUT2D eigenvalue weighted by Gasteiger charge is -2.44. The lowest BCUT2D eigenvalue weighted by Crippen LogP contribution is -2.62. The molecule has 1 aromatic heterocycles. The summed E-state index contributed by atoms with van der Waals surface area (Å²) in [6.07, 6.45) is 2.80. The third kappa shape index (κ3) is 5.07. The predicted molar refractivity (Wildman–Crippen MR) is 131 cm³/mol. The van der Waals surface area contributed by atoms with Gasteiger partial charge in [-0.25, -0.2) is 9.97 Å². The van der Waals surface area contributed by atoms with Gasteiger partial charge in [0.15, 0.2) is 6.61 Å². The van der Waals surface area contributed by atoms with Crippen LogP contribution >= 0.6 is 11.6 Å². The van der Waals surface area contributed by atoms with Gasteiger partial charge >= 0.3 is 0 Å². The summed E-state index contributed by atoms with van der Waals surface area (Å²) in [5.41, 5.74) is 7.62. The lowest BCUT2D eigenvalue weighted by molar-refractivity contribution is -0.156. The van der Waals surface area contributed by atoms with Crippen molar-refractivity contribution >= 4 is 40.1 Å². The first kappa shape index (κ1) is 23.8. The molecule has 1 fully saturated rings. The van der Waals surface area contributed by atoms with E-state index in [-0.39, 0.29) is 24.5 Å². The first-order valence-corrected chi connectivity index (χ1v) is 11.7. The van der Waals surface area contributed by atoms with Crippen LogP contribution in [0.2, 0.25) is 5.02 Å². The maximum absolute atomic E-state index is 13.5. The summed E-state index contributed by atoms with van der Waals surface area (Å²) in [6.45, 7) is 4.69. The van der Waals surface area contributed by atoms with Gasteiger partial charge in [-0.3, -0.25) is 9.59 Å². The van der Waals surface area contributed by atoms with E-state index < -0.39 is 6.04 Å². The van der Waals surface area contributed by atoms with Gasteiger partial charge in [-0.15, -0.1) is 0 Å². The van der Waals surface area contributed by atoms with Crippen molar-refractivity contribution in [2.75, 3.05) is 18.9 Å². The third-order valence-corrected chi connectivity index (χ3v) is 6.30. The van der Waals surface area contributed by atoms with Gasteiger partial charge in [0.25, 0.3) is 5.91 Å². The second-order valence-corrected chi connectivity index (χ2v) is 8.96. The topological polar surface area (TPSA) is 102 Å². The predicted octanol–water partition coefficient (Wildman–Crippen LogP) is 3.67. The molecule has 2 atom stereocenters. The highest BCUT2D eigenvalue weighted by Crippen LogP contribution is 2.25. The van der Waals surface area contributed by atoms with Crippen molar-refractivity contribution in [1.29, 1.82) is 0 Å². The summed E-state index contributed by atoms with van der Waals surface area (Å²) in [7, 11) is 0. The summed E-state index contributed by atoms with van der Waals surface area (Å²) in [5, 5.41) is 1.32. The molecule has 2 N–H and O–H groups in total. The molecule has 2 aromatic carbocycles. The summed E-state index contributed by atoms with van der Waals surface area (Å²) >= 11 is 6.00. The molecule has 1 aliphatic rings.